The molecule has 0 saturated carbocycles. The number of carbonyl (C=O) groups excluding carboxylic acids is 1. The van der Waals surface area contributed by atoms with Crippen molar-refractivity contribution in [1.29, 1.82) is 0 Å². The topological polar surface area (TPSA) is 64.8 Å². The molecule has 1 amide bonds. The summed E-state index contributed by atoms with van der Waals surface area (Å²) < 4.78 is 11.7. The third-order valence-electron chi connectivity index (χ3n) is 4.36. The van der Waals surface area contributed by atoms with E-state index in [0.717, 1.165) is 24.1 Å². The van der Waals surface area contributed by atoms with Crippen molar-refractivity contribution < 1.29 is 14.3 Å². The normalized spacial score (nSPS) is 27.8. The van der Waals surface area contributed by atoms with Crippen LogP contribution in [0.1, 0.15) is 39.2 Å². The molecule has 2 N–H and O–H groups in total. The van der Waals surface area contributed by atoms with Crippen molar-refractivity contribution in [2.45, 2.75) is 50.9 Å². The first-order valence-electron chi connectivity index (χ1n) is 7.79. The Morgan fingerprint density at radius 3 is 2.59 bits per heavy atom. The minimum atomic E-state index is -0.483. The maximum Gasteiger partial charge on any atom is 0.410 e. The number of benzene rings is 1. The van der Waals surface area contributed by atoms with E-state index in [2.05, 4.69) is 0 Å². The molecule has 3 aliphatic rings. The number of ether oxygens (including phenoxy) is 2. The van der Waals surface area contributed by atoms with E-state index in [-0.39, 0.29) is 12.1 Å². The molecule has 2 atom stereocenters. The van der Waals surface area contributed by atoms with Gasteiger partial charge in [-0.25, -0.2) is 4.79 Å². The number of carbonyl (C=O) groups is 1. The highest BCUT2D eigenvalue weighted by atomic mass is 16.6. The predicted octanol–water partition coefficient (Wildman–Crippen LogP) is 2.89. The van der Waals surface area contributed by atoms with Gasteiger partial charge in [-0.05, 0) is 51.3 Å². The molecular weight excluding hydrogens is 280 g/mol. The van der Waals surface area contributed by atoms with Gasteiger partial charge in [-0.2, -0.15) is 0 Å². The first-order valence-corrected chi connectivity index (χ1v) is 7.79. The Balaban J connectivity index is 1.83. The van der Waals surface area contributed by atoms with Crippen molar-refractivity contribution in [3.05, 3.63) is 29.8 Å². The van der Waals surface area contributed by atoms with Crippen LogP contribution in [0.2, 0.25) is 0 Å². The predicted molar refractivity (Wildman–Crippen MR) is 84.4 cm³/mol. The zero-order valence-corrected chi connectivity index (χ0v) is 13.5. The highest BCUT2D eigenvalue weighted by molar-refractivity contribution is 5.69. The molecular formula is C17H24N2O3. The zero-order chi connectivity index (χ0) is 16.0. The molecule has 3 heterocycles. The van der Waals surface area contributed by atoms with Crippen LogP contribution in [0.3, 0.4) is 0 Å². The lowest BCUT2D eigenvalue weighted by molar-refractivity contribution is -0.175. The average Bonchev–Trinajstić information content (AvgIpc) is 2.47. The molecule has 0 spiro atoms. The molecule has 0 radical (unpaired) electrons. The molecule has 1 aromatic carbocycles. The van der Waals surface area contributed by atoms with E-state index in [1.807, 2.05) is 49.9 Å². The monoisotopic (exact) mass is 304 g/mol. The molecule has 3 aliphatic heterocycles. The van der Waals surface area contributed by atoms with Crippen molar-refractivity contribution >= 4 is 11.8 Å². The van der Waals surface area contributed by atoms with Gasteiger partial charge in [0, 0.05) is 5.69 Å². The fourth-order valence-electron chi connectivity index (χ4n) is 3.23. The Morgan fingerprint density at radius 2 is 2.05 bits per heavy atom. The fourth-order valence-corrected chi connectivity index (χ4v) is 3.23. The van der Waals surface area contributed by atoms with Crippen LogP contribution in [0.4, 0.5) is 10.5 Å². The number of nitrogen functional groups attached to an aromatic ring is 1. The lowest BCUT2D eigenvalue weighted by atomic mass is 9.80. The first-order chi connectivity index (χ1) is 10.3. The lowest BCUT2D eigenvalue weighted by Crippen LogP contribution is -2.62. The molecule has 2 bridgehead atoms. The molecule has 22 heavy (non-hydrogen) atoms. The largest absolute Gasteiger partial charge is 0.444 e. The molecule has 1 aromatic rings. The Kier molecular flexibility index (Phi) is 3.56. The first kappa shape index (κ1) is 15.2. The van der Waals surface area contributed by atoms with Crippen LogP contribution < -0.4 is 5.73 Å². The minimum Gasteiger partial charge on any atom is -0.444 e. The molecule has 5 heteroatoms. The maximum atomic E-state index is 12.5. The smallest absolute Gasteiger partial charge is 0.410 e. The van der Waals surface area contributed by atoms with Crippen molar-refractivity contribution in [3.8, 4) is 0 Å². The Hall–Kier alpha value is -1.75. The molecule has 0 aromatic heterocycles. The van der Waals surface area contributed by atoms with Crippen LogP contribution >= 0.6 is 0 Å². The van der Waals surface area contributed by atoms with Gasteiger partial charge >= 0.3 is 6.09 Å². The molecule has 4 rings (SSSR count). The number of hydrogen-bond acceptors (Lipinski definition) is 4. The van der Waals surface area contributed by atoms with E-state index in [1.54, 1.807) is 0 Å². The van der Waals surface area contributed by atoms with Crippen LogP contribution in [0, 0.1) is 0 Å². The van der Waals surface area contributed by atoms with Gasteiger partial charge in [-0.15, -0.1) is 0 Å². The Labute approximate surface area is 131 Å². The summed E-state index contributed by atoms with van der Waals surface area (Å²) >= 11 is 0. The number of hydrogen-bond donors (Lipinski definition) is 1. The van der Waals surface area contributed by atoms with Crippen LogP contribution in [-0.2, 0) is 15.1 Å². The number of nitrogens with two attached hydrogens (primary N) is 1. The minimum absolute atomic E-state index is 0.116. The summed E-state index contributed by atoms with van der Waals surface area (Å²) in [6.45, 7) is 6.76. The summed E-state index contributed by atoms with van der Waals surface area (Å²) in [5.41, 5.74) is 6.66. The van der Waals surface area contributed by atoms with E-state index in [1.165, 1.54) is 0 Å². The van der Waals surface area contributed by atoms with Crippen molar-refractivity contribution in [2.24, 2.45) is 0 Å². The van der Waals surface area contributed by atoms with Gasteiger partial charge in [0.05, 0.1) is 19.2 Å². The fraction of sp³-hybridized carbons (Fsp3) is 0.588. The summed E-state index contributed by atoms with van der Waals surface area (Å²) in [4.78, 5) is 14.3. The Morgan fingerprint density at radius 1 is 1.36 bits per heavy atom. The number of piperidine rings is 1. The van der Waals surface area contributed by atoms with E-state index >= 15 is 0 Å². The van der Waals surface area contributed by atoms with Gasteiger partial charge in [0.15, 0.2) is 0 Å². The number of morpholine rings is 1. The van der Waals surface area contributed by atoms with Crippen molar-refractivity contribution in [2.75, 3.05) is 18.9 Å². The van der Waals surface area contributed by atoms with Gasteiger partial charge in [0.2, 0.25) is 0 Å². The number of amides is 1. The van der Waals surface area contributed by atoms with Gasteiger partial charge in [-0.3, -0.25) is 4.90 Å². The summed E-state index contributed by atoms with van der Waals surface area (Å²) in [5.74, 6) is 0. The zero-order valence-electron chi connectivity index (χ0n) is 13.5. The van der Waals surface area contributed by atoms with Gasteiger partial charge in [0.1, 0.15) is 11.2 Å². The van der Waals surface area contributed by atoms with E-state index in [4.69, 9.17) is 15.2 Å². The second-order valence-electron chi connectivity index (χ2n) is 7.23. The SMILES string of the molecule is CC(C)(C)OC(=O)N1CC2(c3ccc(N)cc3)CCC1CO2. The van der Waals surface area contributed by atoms with E-state index in [0.29, 0.717) is 13.2 Å². The van der Waals surface area contributed by atoms with Crippen molar-refractivity contribution in [1.82, 2.24) is 4.90 Å². The lowest BCUT2D eigenvalue weighted by Gasteiger charge is -2.52. The molecule has 3 fully saturated rings. The molecule has 0 aliphatic carbocycles. The van der Waals surface area contributed by atoms with Crippen LogP contribution in [0.25, 0.3) is 0 Å². The number of nitrogens with zero attached hydrogens (tertiary/aromatic N) is 1. The molecule has 120 valence electrons. The van der Waals surface area contributed by atoms with Gasteiger partial charge in [-0.1, -0.05) is 12.1 Å². The van der Waals surface area contributed by atoms with E-state index in [9.17, 15) is 4.79 Å². The van der Waals surface area contributed by atoms with Gasteiger partial charge in [0.25, 0.3) is 0 Å². The van der Waals surface area contributed by atoms with E-state index < -0.39 is 11.2 Å². The third-order valence-corrected chi connectivity index (χ3v) is 4.36. The van der Waals surface area contributed by atoms with Gasteiger partial charge < -0.3 is 15.2 Å². The van der Waals surface area contributed by atoms with Crippen LogP contribution in [-0.4, -0.2) is 35.8 Å². The summed E-state index contributed by atoms with van der Waals surface area (Å²) in [6.07, 6.45) is 1.60. The highest BCUT2D eigenvalue weighted by Gasteiger charge is 2.49. The molecule has 3 saturated heterocycles. The Bertz CT molecular complexity index is 554. The van der Waals surface area contributed by atoms with Crippen molar-refractivity contribution in [3.63, 3.8) is 0 Å². The number of anilines is 1. The highest BCUT2D eigenvalue weighted by Crippen LogP contribution is 2.43. The molecule has 5 nitrogen and oxygen atoms in total. The standard InChI is InChI=1S/C17H24N2O3/c1-16(2,3)22-15(20)19-11-17(9-8-14(19)10-21-17)12-4-6-13(18)7-5-12/h4-7,14H,8-11,18H2,1-3H3. The maximum absolute atomic E-state index is 12.5. The summed E-state index contributed by atoms with van der Waals surface area (Å²) in [5, 5.41) is 0. The van der Waals surface area contributed by atoms with Crippen LogP contribution in [0.15, 0.2) is 24.3 Å². The quantitative estimate of drug-likeness (QED) is 0.810. The molecule has 2 unspecified atom stereocenters. The number of rotatable bonds is 1. The average molecular weight is 304 g/mol. The second-order valence-corrected chi connectivity index (χ2v) is 7.23. The number of fused-ring (bicyclic) bond motifs is 3. The summed E-state index contributed by atoms with van der Waals surface area (Å²) in [7, 11) is 0. The van der Waals surface area contributed by atoms with Crippen LogP contribution in [0.5, 0.6) is 0 Å². The third kappa shape index (κ3) is 2.77. The summed E-state index contributed by atoms with van der Waals surface area (Å²) in [6, 6.07) is 7.87. The second kappa shape index (κ2) is 5.16.